The molecular formula is C14H24N2O4. The highest BCUT2D eigenvalue weighted by molar-refractivity contribution is 5.80. The van der Waals surface area contributed by atoms with Crippen LogP contribution in [0.2, 0.25) is 0 Å². The maximum atomic E-state index is 11.9. The molecule has 0 bridgehead atoms. The van der Waals surface area contributed by atoms with E-state index in [0.717, 1.165) is 32.2 Å². The predicted molar refractivity (Wildman–Crippen MR) is 73.0 cm³/mol. The molecule has 1 saturated carbocycles. The fourth-order valence-corrected chi connectivity index (χ4v) is 3.01. The topological polar surface area (TPSA) is 78.9 Å². The second-order valence-electron chi connectivity index (χ2n) is 5.60. The van der Waals surface area contributed by atoms with E-state index in [9.17, 15) is 14.7 Å². The van der Waals surface area contributed by atoms with Crippen molar-refractivity contribution in [2.45, 2.75) is 56.8 Å². The van der Waals surface area contributed by atoms with Crippen molar-refractivity contribution < 1.29 is 19.4 Å². The van der Waals surface area contributed by atoms with Crippen molar-refractivity contribution in [1.29, 1.82) is 0 Å². The first-order valence-electron chi connectivity index (χ1n) is 7.40. The van der Waals surface area contributed by atoms with Gasteiger partial charge in [0.1, 0.15) is 6.10 Å². The normalized spacial score (nSPS) is 30.6. The van der Waals surface area contributed by atoms with Crippen LogP contribution in [-0.2, 0) is 14.3 Å². The maximum Gasteiger partial charge on any atom is 0.222 e. The van der Waals surface area contributed by atoms with Crippen molar-refractivity contribution in [3.63, 3.8) is 0 Å². The van der Waals surface area contributed by atoms with Gasteiger partial charge in [-0.2, -0.15) is 0 Å². The number of hydrogen-bond acceptors (Lipinski definition) is 4. The summed E-state index contributed by atoms with van der Waals surface area (Å²) in [6, 6.07) is -0.240. The molecule has 0 unspecified atom stereocenters. The van der Waals surface area contributed by atoms with E-state index in [2.05, 4.69) is 5.32 Å². The lowest BCUT2D eigenvalue weighted by atomic mass is 9.90. The summed E-state index contributed by atoms with van der Waals surface area (Å²) in [5.74, 6) is 0.0282. The number of aliphatic hydroxyl groups excluding tert-OH is 1. The van der Waals surface area contributed by atoms with Gasteiger partial charge in [-0.1, -0.05) is 0 Å². The van der Waals surface area contributed by atoms with E-state index in [-0.39, 0.29) is 24.0 Å². The molecule has 0 aromatic heterocycles. The van der Waals surface area contributed by atoms with Gasteiger partial charge in [0.25, 0.3) is 0 Å². The Morgan fingerprint density at radius 2 is 2.25 bits per heavy atom. The molecule has 3 atom stereocenters. The minimum atomic E-state index is -0.647. The fraction of sp³-hybridized carbons (Fsp3) is 0.857. The molecule has 2 fully saturated rings. The van der Waals surface area contributed by atoms with Crippen molar-refractivity contribution in [2.75, 3.05) is 20.2 Å². The molecule has 20 heavy (non-hydrogen) atoms. The van der Waals surface area contributed by atoms with E-state index in [0.29, 0.717) is 19.4 Å². The SMILES string of the molecule is CO[C@@H]1CCC[C@@H](NC(=O)CCN2CCCC2=O)[C@H]1O. The van der Waals surface area contributed by atoms with Crippen LogP contribution in [0.25, 0.3) is 0 Å². The Morgan fingerprint density at radius 1 is 1.45 bits per heavy atom. The Bertz CT molecular complexity index is 361. The van der Waals surface area contributed by atoms with Gasteiger partial charge in [0.05, 0.1) is 12.1 Å². The summed E-state index contributed by atoms with van der Waals surface area (Å²) in [5, 5.41) is 13.0. The first kappa shape index (κ1) is 15.3. The van der Waals surface area contributed by atoms with E-state index in [1.807, 2.05) is 0 Å². The van der Waals surface area contributed by atoms with Gasteiger partial charge in [-0.05, 0) is 25.7 Å². The number of nitrogens with zero attached hydrogens (tertiary/aromatic N) is 1. The molecule has 2 rings (SSSR count). The van der Waals surface area contributed by atoms with E-state index < -0.39 is 6.10 Å². The van der Waals surface area contributed by atoms with E-state index in [1.54, 1.807) is 12.0 Å². The third-order valence-electron chi connectivity index (χ3n) is 4.23. The first-order chi connectivity index (χ1) is 9.61. The molecule has 2 N–H and O–H groups in total. The number of likely N-dealkylation sites (tertiary alicyclic amines) is 1. The van der Waals surface area contributed by atoms with Crippen LogP contribution in [0.15, 0.2) is 0 Å². The summed E-state index contributed by atoms with van der Waals surface area (Å²) in [5.41, 5.74) is 0. The number of carbonyl (C=O) groups is 2. The largest absolute Gasteiger partial charge is 0.388 e. The maximum absolute atomic E-state index is 11.9. The molecule has 6 nitrogen and oxygen atoms in total. The summed E-state index contributed by atoms with van der Waals surface area (Å²) in [7, 11) is 1.58. The zero-order chi connectivity index (χ0) is 14.5. The fourth-order valence-electron chi connectivity index (χ4n) is 3.01. The van der Waals surface area contributed by atoms with E-state index >= 15 is 0 Å². The van der Waals surface area contributed by atoms with Crippen LogP contribution < -0.4 is 5.32 Å². The number of carbonyl (C=O) groups excluding carboxylic acids is 2. The minimum Gasteiger partial charge on any atom is -0.388 e. The predicted octanol–water partition coefficient (Wildman–Crippen LogP) is 0.0435. The summed E-state index contributed by atoms with van der Waals surface area (Å²) in [4.78, 5) is 25.1. The van der Waals surface area contributed by atoms with Crippen LogP contribution in [0, 0.1) is 0 Å². The Hall–Kier alpha value is -1.14. The van der Waals surface area contributed by atoms with Gasteiger partial charge in [0.2, 0.25) is 11.8 Å². The van der Waals surface area contributed by atoms with Gasteiger partial charge in [-0.3, -0.25) is 9.59 Å². The van der Waals surface area contributed by atoms with Crippen molar-refractivity contribution in [3.05, 3.63) is 0 Å². The lowest BCUT2D eigenvalue weighted by Crippen LogP contribution is -2.51. The van der Waals surface area contributed by atoms with Crippen molar-refractivity contribution in [3.8, 4) is 0 Å². The van der Waals surface area contributed by atoms with Crippen LogP contribution in [0.5, 0.6) is 0 Å². The second kappa shape index (κ2) is 7.04. The highest BCUT2D eigenvalue weighted by Gasteiger charge is 2.32. The molecule has 1 aliphatic heterocycles. The molecule has 2 aliphatic rings. The minimum absolute atomic E-state index is 0.106. The van der Waals surface area contributed by atoms with Crippen LogP contribution >= 0.6 is 0 Å². The van der Waals surface area contributed by atoms with Gasteiger partial charge in [0.15, 0.2) is 0 Å². The zero-order valence-electron chi connectivity index (χ0n) is 12.0. The van der Waals surface area contributed by atoms with Crippen molar-refractivity contribution in [1.82, 2.24) is 10.2 Å². The average Bonchev–Trinajstić information content (AvgIpc) is 2.84. The molecule has 2 amide bonds. The summed E-state index contributed by atoms with van der Waals surface area (Å²) < 4.78 is 5.22. The Labute approximate surface area is 119 Å². The molecule has 1 heterocycles. The second-order valence-corrected chi connectivity index (χ2v) is 5.60. The summed E-state index contributed by atoms with van der Waals surface area (Å²) >= 11 is 0. The molecule has 114 valence electrons. The lowest BCUT2D eigenvalue weighted by Gasteiger charge is -2.34. The number of ether oxygens (including phenoxy) is 1. The molecular weight excluding hydrogens is 260 g/mol. The lowest BCUT2D eigenvalue weighted by molar-refractivity contribution is -0.129. The van der Waals surface area contributed by atoms with Crippen molar-refractivity contribution >= 4 is 11.8 Å². The third kappa shape index (κ3) is 3.70. The average molecular weight is 284 g/mol. The smallest absolute Gasteiger partial charge is 0.222 e. The molecule has 0 aromatic rings. The highest BCUT2D eigenvalue weighted by atomic mass is 16.5. The number of amides is 2. The van der Waals surface area contributed by atoms with Gasteiger partial charge in [-0.15, -0.1) is 0 Å². The van der Waals surface area contributed by atoms with Gasteiger partial charge >= 0.3 is 0 Å². The zero-order valence-corrected chi connectivity index (χ0v) is 12.0. The Balaban J connectivity index is 1.74. The molecule has 6 heteroatoms. The summed E-state index contributed by atoms with van der Waals surface area (Å²) in [6.45, 7) is 1.23. The standard InChI is InChI=1S/C14H24N2O4/c1-20-11-5-2-4-10(14(11)19)15-12(17)7-9-16-8-3-6-13(16)18/h10-11,14,19H,2-9H2,1H3,(H,15,17)/t10-,11-,14-/m1/s1. The Kier molecular flexibility index (Phi) is 5.37. The number of hydrogen-bond donors (Lipinski definition) is 2. The van der Waals surface area contributed by atoms with E-state index in [1.165, 1.54) is 0 Å². The van der Waals surface area contributed by atoms with E-state index in [4.69, 9.17) is 4.74 Å². The summed E-state index contributed by atoms with van der Waals surface area (Å²) in [6.07, 6.45) is 3.47. The van der Waals surface area contributed by atoms with Gasteiger partial charge in [-0.25, -0.2) is 0 Å². The third-order valence-corrected chi connectivity index (χ3v) is 4.23. The quantitative estimate of drug-likeness (QED) is 0.747. The molecule has 1 saturated heterocycles. The van der Waals surface area contributed by atoms with Crippen LogP contribution in [0.4, 0.5) is 0 Å². The number of methoxy groups -OCH3 is 1. The van der Waals surface area contributed by atoms with Gasteiger partial charge < -0.3 is 20.1 Å². The van der Waals surface area contributed by atoms with Gasteiger partial charge in [0, 0.05) is 33.0 Å². The highest BCUT2D eigenvalue weighted by Crippen LogP contribution is 2.21. The molecule has 0 aromatic carbocycles. The molecule has 1 aliphatic carbocycles. The van der Waals surface area contributed by atoms with Crippen molar-refractivity contribution in [2.24, 2.45) is 0 Å². The van der Waals surface area contributed by atoms with Crippen LogP contribution in [0.3, 0.4) is 0 Å². The molecule has 0 radical (unpaired) electrons. The monoisotopic (exact) mass is 284 g/mol. The number of rotatable bonds is 5. The Morgan fingerprint density at radius 3 is 2.90 bits per heavy atom. The van der Waals surface area contributed by atoms with Crippen LogP contribution in [-0.4, -0.2) is 60.3 Å². The van der Waals surface area contributed by atoms with Crippen LogP contribution in [0.1, 0.15) is 38.5 Å². The number of nitrogens with one attached hydrogen (secondary N) is 1. The number of aliphatic hydroxyl groups is 1. The first-order valence-corrected chi connectivity index (χ1v) is 7.40. The molecule has 0 spiro atoms.